The van der Waals surface area contributed by atoms with E-state index in [0.717, 1.165) is 69.8 Å². The van der Waals surface area contributed by atoms with Crippen LogP contribution in [-0.2, 0) is 23.9 Å². The van der Waals surface area contributed by atoms with Crippen molar-refractivity contribution in [1.82, 2.24) is 9.80 Å². The van der Waals surface area contributed by atoms with Crippen LogP contribution in [0.1, 0.15) is 139 Å². The molecule has 1 saturated heterocycles. The Morgan fingerprint density at radius 3 is 2.21 bits per heavy atom. The quantitative estimate of drug-likeness (QED) is 0.156. The van der Waals surface area contributed by atoms with Gasteiger partial charge in [0.05, 0.1) is 17.3 Å². The summed E-state index contributed by atoms with van der Waals surface area (Å²) >= 11 is 0. The van der Waals surface area contributed by atoms with Crippen molar-refractivity contribution in [3.8, 4) is 11.5 Å². The Morgan fingerprint density at radius 2 is 1.52 bits per heavy atom. The number of esters is 1. The SMILES string of the molecule is C=C(C)[C@@H]1CC[C@]2(C(=O)N3CCN(C(=O)/C(C)=C/c4ccc5c(c4)OCO5)CC3)CC[C@]3(C)[C@H](CC[C@@H]4[C@@]5(C)CC[C@H](OC(=O)CC(C)(C)C(=O)O)C(C)(C)[C@@H]5CC[C@]43C)[C@@H]12. The molecule has 0 aromatic heterocycles. The van der Waals surface area contributed by atoms with Crippen molar-refractivity contribution in [1.29, 1.82) is 0 Å². The van der Waals surface area contributed by atoms with Crippen LogP contribution in [0.25, 0.3) is 6.08 Å². The molecule has 5 aliphatic carbocycles. The topological polar surface area (TPSA) is 123 Å². The van der Waals surface area contributed by atoms with E-state index in [1.54, 1.807) is 13.8 Å². The summed E-state index contributed by atoms with van der Waals surface area (Å²) in [6.07, 6.45) is 11.6. The molecule has 1 N–H and O–H groups in total. The van der Waals surface area contributed by atoms with E-state index < -0.39 is 22.8 Å². The van der Waals surface area contributed by atoms with Crippen molar-refractivity contribution in [3.05, 3.63) is 41.5 Å². The number of nitrogens with zero attached hydrogens (tertiary/aromatic N) is 2. The summed E-state index contributed by atoms with van der Waals surface area (Å²) in [5.41, 5.74) is 1.21. The molecule has 334 valence electrons. The molecule has 10 atom stereocenters. The predicted molar refractivity (Wildman–Crippen MR) is 234 cm³/mol. The molecule has 7 aliphatic rings. The van der Waals surface area contributed by atoms with Gasteiger partial charge in [0, 0.05) is 37.2 Å². The molecular formula is C51H72N2O8. The number of ether oxygens (including phenoxy) is 3. The number of rotatable bonds is 8. The summed E-state index contributed by atoms with van der Waals surface area (Å²) in [7, 11) is 0. The number of amides is 2. The first-order valence-corrected chi connectivity index (χ1v) is 23.3. The summed E-state index contributed by atoms with van der Waals surface area (Å²) in [5.74, 6) is 2.22. The van der Waals surface area contributed by atoms with Crippen molar-refractivity contribution in [2.75, 3.05) is 33.0 Å². The fourth-order valence-electron chi connectivity index (χ4n) is 15.3. The number of carboxylic acid groups (broad SMARTS) is 1. The number of hydrogen-bond acceptors (Lipinski definition) is 7. The van der Waals surface area contributed by atoms with Crippen LogP contribution < -0.4 is 9.47 Å². The molecule has 5 saturated carbocycles. The van der Waals surface area contributed by atoms with Gasteiger partial charge >= 0.3 is 11.9 Å². The van der Waals surface area contributed by atoms with Gasteiger partial charge in [-0.25, -0.2) is 0 Å². The molecule has 0 spiro atoms. The summed E-state index contributed by atoms with van der Waals surface area (Å²) < 4.78 is 17.2. The second kappa shape index (κ2) is 15.2. The van der Waals surface area contributed by atoms with Crippen LogP contribution in [0.3, 0.4) is 0 Å². The van der Waals surface area contributed by atoms with Gasteiger partial charge in [-0.15, -0.1) is 0 Å². The highest BCUT2D eigenvalue weighted by atomic mass is 16.7. The Labute approximate surface area is 364 Å². The predicted octanol–water partition coefficient (Wildman–Crippen LogP) is 9.56. The Bertz CT molecular complexity index is 2010. The van der Waals surface area contributed by atoms with Gasteiger partial charge in [-0.3, -0.25) is 19.2 Å². The molecule has 0 unspecified atom stereocenters. The van der Waals surface area contributed by atoms with E-state index in [9.17, 15) is 19.5 Å². The van der Waals surface area contributed by atoms with E-state index in [-0.39, 0.29) is 52.8 Å². The van der Waals surface area contributed by atoms with Gasteiger partial charge in [-0.05, 0) is 162 Å². The minimum Gasteiger partial charge on any atom is -0.481 e. The normalized spacial score (nSPS) is 37.8. The van der Waals surface area contributed by atoms with Crippen LogP contribution in [0.5, 0.6) is 11.5 Å². The molecule has 10 nitrogen and oxygen atoms in total. The van der Waals surface area contributed by atoms with Gasteiger partial charge in [0.1, 0.15) is 6.10 Å². The van der Waals surface area contributed by atoms with E-state index in [0.29, 0.717) is 72.8 Å². The van der Waals surface area contributed by atoms with Crippen molar-refractivity contribution in [2.24, 2.45) is 62.1 Å². The molecular weight excluding hydrogens is 769 g/mol. The van der Waals surface area contributed by atoms with Crippen LogP contribution >= 0.6 is 0 Å². The number of allylic oxidation sites excluding steroid dienone is 1. The molecule has 1 aromatic rings. The number of piperazine rings is 1. The maximum atomic E-state index is 15.2. The maximum Gasteiger partial charge on any atom is 0.309 e. The van der Waals surface area contributed by atoms with Gasteiger partial charge in [0.2, 0.25) is 18.6 Å². The third-order valence-electron chi connectivity index (χ3n) is 18.8. The summed E-state index contributed by atoms with van der Waals surface area (Å²) in [5, 5.41) is 9.66. The van der Waals surface area contributed by atoms with E-state index in [1.165, 1.54) is 5.57 Å². The summed E-state index contributed by atoms with van der Waals surface area (Å²) in [6.45, 7) is 26.5. The molecule has 2 aliphatic heterocycles. The Morgan fingerprint density at radius 1 is 0.836 bits per heavy atom. The van der Waals surface area contributed by atoms with Gasteiger partial charge in [0.15, 0.2) is 11.5 Å². The average Bonchev–Trinajstić information content (AvgIpc) is 3.84. The Balaban J connectivity index is 0.980. The van der Waals surface area contributed by atoms with E-state index in [1.807, 2.05) is 36.1 Å². The number of carboxylic acids is 1. The van der Waals surface area contributed by atoms with Gasteiger partial charge < -0.3 is 29.1 Å². The number of fused-ring (bicyclic) bond motifs is 8. The molecule has 10 heteroatoms. The number of carbonyl (C=O) groups excluding carboxylic acids is 3. The van der Waals surface area contributed by atoms with Gasteiger partial charge in [-0.1, -0.05) is 52.8 Å². The minimum atomic E-state index is -1.17. The first-order valence-electron chi connectivity index (χ1n) is 23.3. The van der Waals surface area contributed by atoms with E-state index in [2.05, 4.69) is 53.0 Å². The first kappa shape index (κ1) is 43.8. The smallest absolute Gasteiger partial charge is 0.309 e. The molecule has 8 rings (SSSR count). The number of carbonyl (C=O) groups is 4. The highest BCUT2D eigenvalue weighted by Gasteiger charge is 2.72. The van der Waals surface area contributed by atoms with E-state index >= 15 is 4.79 Å². The largest absolute Gasteiger partial charge is 0.481 e. The fourth-order valence-corrected chi connectivity index (χ4v) is 15.3. The van der Waals surface area contributed by atoms with Crippen LogP contribution in [0.4, 0.5) is 0 Å². The maximum absolute atomic E-state index is 15.2. The van der Waals surface area contributed by atoms with Crippen LogP contribution in [0, 0.1) is 62.1 Å². The lowest BCUT2D eigenvalue weighted by molar-refractivity contribution is -0.250. The monoisotopic (exact) mass is 841 g/mol. The Hall–Kier alpha value is -3.82. The van der Waals surface area contributed by atoms with E-state index in [4.69, 9.17) is 14.2 Å². The molecule has 2 amide bonds. The van der Waals surface area contributed by atoms with Crippen molar-refractivity contribution in [2.45, 2.75) is 139 Å². The lowest BCUT2D eigenvalue weighted by Gasteiger charge is -2.73. The second-order valence-electron chi connectivity index (χ2n) is 22.6. The lowest BCUT2D eigenvalue weighted by Crippen LogP contribution is -2.68. The molecule has 0 radical (unpaired) electrons. The zero-order chi connectivity index (χ0) is 44.1. The Kier molecular flexibility index (Phi) is 10.9. The van der Waals surface area contributed by atoms with Crippen molar-refractivity contribution in [3.63, 3.8) is 0 Å². The van der Waals surface area contributed by atoms with Crippen LogP contribution in [-0.4, -0.2) is 77.7 Å². The van der Waals surface area contributed by atoms with Crippen LogP contribution in [0.15, 0.2) is 35.9 Å². The molecule has 6 fully saturated rings. The molecule has 1 aromatic carbocycles. The average molecular weight is 841 g/mol. The number of aliphatic carboxylic acids is 1. The fraction of sp³-hybridized carbons (Fsp3) is 0.725. The lowest BCUT2D eigenvalue weighted by atomic mass is 9.32. The third kappa shape index (κ3) is 6.85. The number of benzene rings is 1. The van der Waals surface area contributed by atoms with Gasteiger partial charge in [-0.2, -0.15) is 0 Å². The van der Waals surface area contributed by atoms with Crippen molar-refractivity contribution >= 4 is 29.8 Å². The third-order valence-corrected chi connectivity index (χ3v) is 18.8. The zero-order valence-electron chi connectivity index (χ0n) is 38.5. The standard InChI is InChI=1S/C51H72N2O8/c1-31(2)34-15-20-51(44(56)53-25-23-52(24-26-53)43(55)32(3)27-33-11-13-36-37(28-33)60-30-59-36)22-21-49(9)35(42(34)51)12-14-39-48(8)18-17-40(61-41(54)29-46(4,5)45(57)58)47(6,7)38(48)16-19-50(39,49)10/h11,13,27-28,34-35,38-40,42H,1,12,14-26,29-30H2,2-10H3,(H,57,58)/b32-27+/t34-,35+,38-,39+,40-,42+,48-,49+,50+,51-/m0/s1. The molecule has 0 bridgehead atoms. The van der Waals surface area contributed by atoms with Crippen LogP contribution in [0.2, 0.25) is 0 Å². The second-order valence-corrected chi connectivity index (χ2v) is 22.6. The first-order chi connectivity index (χ1) is 28.6. The highest BCUT2D eigenvalue weighted by molar-refractivity contribution is 5.97. The minimum absolute atomic E-state index is 0.00328. The number of hydrogen-bond donors (Lipinski definition) is 1. The van der Waals surface area contributed by atoms with Crippen molar-refractivity contribution < 1.29 is 38.5 Å². The molecule has 61 heavy (non-hydrogen) atoms. The zero-order valence-corrected chi connectivity index (χ0v) is 38.5. The molecule has 2 heterocycles. The summed E-state index contributed by atoms with van der Waals surface area (Å²) in [6, 6.07) is 5.71. The highest BCUT2D eigenvalue weighted by Crippen LogP contribution is 2.77. The summed E-state index contributed by atoms with van der Waals surface area (Å²) in [4.78, 5) is 57.9. The van der Waals surface area contributed by atoms with Gasteiger partial charge in [0.25, 0.3) is 0 Å².